The molecule has 1 aromatic rings. The van der Waals surface area contributed by atoms with Crippen molar-refractivity contribution in [1.82, 2.24) is 10.2 Å². The van der Waals surface area contributed by atoms with E-state index in [1.165, 1.54) is 4.31 Å². The summed E-state index contributed by atoms with van der Waals surface area (Å²) in [6.07, 6.45) is 1.58. The molecule has 1 fully saturated rings. The molecule has 0 aromatic heterocycles. The first-order valence-corrected chi connectivity index (χ1v) is 10.6. The highest BCUT2D eigenvalue weighted by Crippen LogP contribution is 2.23. The minimum atomic E-state index is -3.22. The highest BCUT2D eigenvalue weighted by atomic mass is 32.2. The molecular formula is C18H29N3O3S. The second-order valence-corrected chi connectivity index (χ2v) is 8.44. The molecule has 1 heterocycles. The molecule has 140 valence electrons. The second kappa shape index (κ2) is 8.67. The minimum Gasteiger partial charge on any atom is -0.350 e. The lowest BCUT2D eigenvalue weighted by atomic mass is 10.2. The summed E-state index contributed by atoms with van der Waals surface area (Å²) in [6, 6.07) is 7.09. The van der Waals surface area contributed by atoms with Crippen molar-refractivity contribution >= 4 is 21.6 Å². The third-order valence-electron chi connectivity index (χ3n) is 4.76. The average Bonchev–Trinajstić information content (AvgIpc) is 2.60. The van der Waals surface area contributed by atoms with Gasteiger partial charge in [0, 0.05) is 24.7 Å². The van der Waals surface area contributed by atoms with Gasteiger partial charge in [0.15, 0.2) is 0 Å². The normalized spacial score (nSPS) is 18.2. The number of anilines is 1. The van der Waals surface area contributed by atoms with E-state index in [1.807, 2.05) is 0 Å². The maximum absolute atomic E-state index is 12.3. The van der Waals surface area contributed by atoms with Crippen LogP contribution in [0.5, 0.6) is 0 Å². The van der Waals surface area contributed by atoms with E-state index >= 15 is 0 Å². The molecule has 1 aromatic carbocycles. The van der Waals surface area contributed by atoms with E-state index in [0.29, 0.717) is 30.8 Å². The molecule has 1 aliphatic rings. The lowest BCUT2D eigenvalue weighted by Gasteiger charge is -2.28. The number of carbonyl (C=O) groups excluding carboxylic acids is 1. The molecule has 0 saturated carbocycles. The quantitative estimate of drug-likeness (QED) is 0.801. The molecule has 7 heteroatoms. The first-order valence-electron chi connectivity index (χ1n) is 9.01. The van der Waals surface area contributed by atoms with Gasteiger partial charge in [0.2, 0.25) is 10.0 Å². The van der Waals surface area contributed by atoms with Gasteiger partial charge in [-0.15, -0.1) is 0 Å². The van der Waals surface area contributed by atoms with Crippen molar-refractivity contribution < 1.29 is 13.2 Å². The number of benzene rings is 1. The van der Waals surface area contributed by atoms with E-state index < -0.39 is 10.0 Å². The van der Waals surface area contributed by atoms with Gasteiger partial charge in [0.05, 0.1) is 11.4 Å². The lowest BCUT2D eigenvalue weighted by molar-refractivity contribution is 0.0938. The summed E-state index contributed by atoms with van der Waals surface area (Å²) >= 11 is 0. The average molecular weight is 368 g/mol. The van der Waals surface area contributed by atoms with Crippen LogP contribution in [0.1, 0.15) is 44.0 Å². The fourth-order valence-corrected chi connectivity index (χ4v) is 4.82. The van der Waals surface area contributed by atoms with Crippen molar-refractivity contribution in [2.45, 2.75) is 39.7 Å². The van der Waals surface area contributed by atoms with Crippen LogP contribution in [0.4, 0.5) is 5.69 Å². The largest absolute Gasteiger partial charge is 0.350 e. The highest BCUT2D eigenvalue weighted by molar-refractivity contribution is 7.92. The van der Waals surface area contributed by atoms with Crippen molar-refractivity contribution in [3.05, 3.63) is 29.8 Å². The Morgan fingerprint density at radius 1 is 1.20 bits per heavy atom. The number of hydrogen-bond donors (Lipinski definition) is 1. The Bertz CT molecular complexity index is 669. The van der Waals surface area contributed by atoms with Crippen LogP contribution in [0.15, 0.2) is 24.3 Å². The minimum absolute atomic E-state index is 0.132. The molecule has 1 amide bonds. The van der Waals surface area contributed by atoms with E-state index in [4.69, 9.17) is 0 Å². The van der Waals surface area contributed by atoms with E-state index in [2.05, 4.69) is 31.0 Å². The van der Waals surface area contributed by atoms with Crippen molar-refractivity contribution in [3.63, 3.8) is 0 Å². The van der Waals surface area contributed by atoms with Crippen LogP contribution in [-0.2, 0) is 10.0 Å². The van der Waals surface area contributed by atoms with Gasteiger partial charge >= 0.3 is 0 Å². The number of amides is 1. The topological polar surface area (TPSA) is 69.7 Å². The molecule has 25 heavy (non-hydrogen) atoms. The maximum atomic E-state index is 12.3. The third kappa shape index (κ3) is 4.95. The summed E-state index contributed by atoms with van der Waals surface area (Å²) in [5.41, 5.74) is 1.18. The Morgan fingerprint density at radius 2 is 1.84 bits per heavy atom. The number of sulfonamides is 1. The Labute approximate surface area is 151 Å². The van der Waals surface area contributed by atoms with E-state index in [9.17, 15) is 13.2 Å². The summed E-state index contributed by atoms with van der Waals surface area (Å²) in [5, 5.41) is 2.95. The van der Waals surface area contributed by atoms with Crippen LogP contribution < -0.4 is 9.62 Å². The van der Waals surface area contributed by atoms with Crippen molar-refractivity contribution in [2.75, 3.05) is 36.2 Å². The predicted molar refractivity (Wildman–Crippen MR) is 102 cm³/mol. The first-order chi connectivity index (χ1) is 11.9. The molecule has 1 atom stereocenters. The van der Waals surface area contributed by atoms with E-state index in [1.54, 1.807) is 24.3 Å². The van der Waals surface area contributed by atoms with E-state index in [0.717, 1.165) is 19.5 Å². The summed E-state index contributed by atoms with van der Waals surface area (Å²) in [5.74, 6) is 0.0606. The maximum Gasteiger partial charge on any atom is 0.251 e. The first kappa shape index (κ1) is 19.7. The molecule has 0 bridgehead atoms. The zero-order chi connectivity index (χ0) is 18.4. The van der Waals surface area contributed by atoms with Crippen molar-refractivity contribution in [2.24, 2.45) is 0 Å². The number of likely N-dealkylation sites (N-methyl/N-ethyl adjacent to an activating group) is 1. The highest BCUT2D eigenvalue weighted by Gasteiger charge is 2.26. The molecule has 1 aliphatic heterocycles. The van der Waals surface area contributed by atoms with Crippen molar-refractivity contribution in [1.29, 1.82) is 0 Å². The second-order valence-electron chi connectivity index (χ2n) is 6.42. The Morgan fingerprint density at radius 3 is 2.40 bits per heavy atom. The smallest absolute Gasteiger partial charge is 0.251 e. The molecule has 1 saturated heterocycles. The van der Waals surface area contributed by atoms with Crippen LogP contribution in [-0.4, -0.2) is 57.2 Å². The number of nitrogens with zero attached hydrogens (tertiary/aromatic N) is 2. The summed E-state index contributed by atoms with van der Waals surface area (Å²) < 4.78 is 25.7. The summed E-state index contributed by atoms with van der Waals surface area (Å²) in [6.45, 7) is 9.30. The Hall–Kier alpha value is -1.60. The Kier molecular flexibility index (Phi) is 6.84. The van der Waals surface area contributed by atoms with Gasteiger partial charge < -0.3 is 5.32 Å². The third-order valence-corrected chi connectivity index (χ3v) is 6.63. The van der Waals surface area contributed by atoms with Crippen LogP contribution in [0.25, 0.3) is 0 Å². The molecular weight excluding hydrogens is 338 g/mol. The lowest BCUT2D eigenvalue weighted by Crippen LogP contribution is -2.42. The monoisotopic (exact) mass is 367 g/mol. The zero-order valence-electron chi connectivity index (χ0n) is 15.4. The number of rotatable bonds is 7. The number of hydrogen-bond acceptors (Lipinski definition) is 4. The van der Waals surface area contributed by atoms with E-state index in [-0.39, 0.29) is 17.7 Å². The summed E-state index contributed by atoms with van der Waals surface area (Å²) in [4.78, 5) is 14.6. The zero-order valence-corrected chi connectivity index (χ0v) is 16.2. The summed E-state index contributed by atoms with van der Waals surface area (Å²) in [7, 11) is -3.22. The van der Waals surface area contributed by atoms with Gasteiger partial charge in [0.25, 0.3) is 5.91 Å². The molecule has 6 nitrogen and oxygen atoms in total. The molecule has 1 N–H and O–H groups in total. The van der Waals surface area contributed by atoms with Gasteiger partial charge in [-0.1, -0.05) is 13.8 Å². The van der Waals surface area contributed by atoms with Gasteiger partial charge in [-0.2, -0.15) is 0 Å². The van der Waals surface area contributed by atoms with Crippen LogP contribution in [0.3, 0.4) is 0 Å². The van der Waals surface area contributed by atoms with Gasteiger partial charge in [-0.3, -0.25) is 14.0 Å². The molecule has 2 rings (SSSR count). The standard InChI is InChI=1S/C18H29N3O3S/c1-4-20(5-2)15(3)14-19-18(22)16-8-10-17(11-9-16)21-12-6-7-13-25(21,23)24/h8-11,15H,4-7,12-14H2,1-3H3,(H,19,22). The molecule has 0 radical (unpaired) electrons. The van der Waals surface area contributed by atoms with Gasteiger partial charge in [-0.05, 0) is 57.1 Å². The number of carbonyl (C=O) groups is 1. The number of nitrogens with one attached hydrogen (secondary N) is 1. The SMILES string of the molecule is CCN(CC)C(C)CNC(=O)c1ccc(N2CCCCS2(=O)=O)cc1. The van der Waals surface area contributed by atoms with Crippen molar-refractivity contribution in [3.8, 4) is 0 Å². The van der Waals surface area contributed by atoms with Crippen LogP contribution in [0.2, 0.25) is 0 Å². The fourth-order valence-electron chi connectivity index (χ4n) is 3.18. The van der Waals surface area contributed by atoms with Crippen LogP contribution >= 0.6 is 0 Å². The molecule has 1 unspecified atom stereocenters. The molecule has 0 aliphatic carbocycles. The van der Waals surface area contributed by atoms with Gasteiger partial charge in [-0.25, -0.2) is 8.42 Å². The van der Waals surface area contributed by atoms with Crippen LogP contribution in [0, 0.1) is 0 Å². The predicted octanol–water partition coefficient (Wildman–Crippen LogP) is 2.08. The van der Waals surface area contributed by atoms with Gasteiger partial charge in [0.1, 0.15) is 0 Å². The fraction of sp³-hybridized carbons (Fsp3) is 0.611. The Balaban J connectivity index is 1.98. The molecule has 0 spiro atoms.